The summed E-state index contributed by atoms with van der Waals surface area (Å²) in [6.45, 7) is 1.78. The maximum atomic E-state index is 13.8. The number of amides is 2. The number of nitrogens with one attached hydrogen (secondary N) is 2. The number of hydrogen-bond acceptors (Lipinski definition) is 3. The van der Waals surface area contributed by atoms with Crippen LogP contribution in [0.3, 0.4) is 0 Å². The van der Waals surface area contributed by atoms with Crippen molar-refractivity contribution in [1.29, 1.82) is 0 Å². The third kappa shape index (κ3) is 5.19. The molecule has 3 rings (SSSR count). The Bertz CT molecular complexity index is 889. The second kappa shape index (κ2) is 8.69. The highest BCUT2D eigenvalue weighted by Crippen LogP contribution is 2.22. The van der Waals surface area contributed by atoms with Gasteiger partial charge in [0, 0.05) is 17.7 Å². The third-order valence-corrected chi connectivity index (χ3v) is 4.55. The topological polar surface area (TPSA) is 67.4 Å². The van der Waals surface area contributed by atoms with Crippen LogP contribution >= 0.6 is 0 Å². The molecule has 28 heavy (non-hydrogen) atoms. The number of carbonyl (C=O) groups excluding carboxylic acids is 2. The summed E-state index contributed by atoms with van der Waals surface area (Å²) >= 11 is 0. The van der Waals surface area contributed by atoms with Gasteiger partial charge in [-0.3, -0.25) is 9.59 Å². The van der Waals surface area contributed by atoms with Crippen LogP contribution in [0.2, 0.25) is 0 Å². The number of ether oxygens (including phenoxy) is 1. The van der Waals surface area contributed by atoms with Gasteiger partial charge in [-0.15, -0.1) is 0 Å². The number of rotatable bonds is 7. The first-order chi connectivity index (χ1) is 13.5. The van der Waals surface area contributed by atoms with Gasteiger partial charge in [0.2, 0.25) is 5.91 Å². The molecule has 2 aromatic rings. The van der Waals surface area contributed by atoms with Crippen molar-refractivity contribution in [3.8, 4) is 5.75 Å². The van der Waals surface area contributed by atoms with Crippen LogP contribution < -0.4 is 15.4 Å². The first kappa shape index (κ1) is 19.6. The van der Waals surface area contributed by atoms with Gasteiger partial charge in [0.15, 0.2) is 11.6 Å². The van der Waals surface area contributed by atoms with Gasteiger partial charge in [0.25, 0.3) is 5.91 Å². The molecule has 1 atom stereocenters. The number of carbonyl (C=O) groups is 2. The van der Waals surface area contributed by atoms with E-state index in [1.807, 2.05) is 0 Å². The molecule has 1 saturated carbocycles. The van der Waals surface area contributed by atoms with Crippen LogP contribution in [0.1, 0.15) is 47.3 Å². The Morgan fingerprint density at radius 1 is 1.18 bits per heavy atom. The summed E-state index contributed by atoms with van der Waals surface area (Å²) < 4.78 is 18.7. The van der Waals surface area contributed by atoms with Gasteiger partial charge in [-0.25, -0.2) is 4.39 Å². The molecule has 1 aliphatic carbocycles. The molecule has 2 N–H and O–H groups in total. The molecular formula is C22H23FN2O3. The molecule has 1 fully saturated rings. The van der Waals surface area contributed by atoms with Crippen LogP contribution in [0.4, 0.5) is 4.39 Å². The molecule has 0 heterocycles. The lowest BCUT2D eigenvalue weighted by Crippen LogP contribution is -2.25. The maximum Gasteiger partial charge on any atom is 0.251 e. The molecule has 5 nitrogen and oxygen atoms in total. The van der Waals surface area contributed by atoms with E-state index in [0.717, 1.165) is 18.4 Å². The van der Waals surface area contributed by atoms with E-state index in [-0.39, 0.29) is 23.6 Å². The Kier molecular flexibility index (Phi) is 6.09. The molecule has 146 valence electrons. The Morgan fingerprint density at radius 2 is 1.89 bits per heavy atom. The van der Waals surface area contributed by atoms with Gasteiger partial charge in [0.05, 0.1) is 13.2 Å². The van der Waals surface area contributed by atoms with E-state index in [1.165, 1.54) is 25.3 Å². The van der Waals surface area contributed by atoms with Gasteiger partial charge < -0.3 is 15.4 Å². The molecule has 2 aromatic carbocycles. The summed E-state index contributed by atoms with van der Waals surface area (Å²) in [6, 6.07) is 11.6. The van der Waals surface area contributed by atoms with Crippen molar-refractivity contribution in [3.05, 3.63) is 71.0 Å². The zero-order valence-corrected chi connectivity index (χ0v) is 15.9. The fourth-order valence-electron chi connectivity index (χ4n) is 2.71. The minimum atomic E-state index is -0.470. The molecule has 0 bridgehead atoms. The summed E-state index contributed by atoms with van der Waals surface area (Å²) in [5.41, 5.74) is 2.05. The van der Waals surface area contributed by atoms with Crippen molar-refractivity contribution in [2.24, 2.45) is 0 Å². The molecule has 6 heteroatoms. The monoisotopic (exact) mass is 382 g/mol. The normalized spacial score (nSPS) is 14.5. The molecule has 0 unspecified atom stereocenters. The average Bonchev–Trinajstić information content (AvgIpc) is 3.50. The van der Waals surface area contributed by atoms with E-state index in [4.69, 9.17) is 4.74 Å². The highest BCUT2D eigenvalue weighted by Gasteiger charge is 2.23. The van der Waals surface area contributed by atoms with Crippen LogP contribution in [-0.4, -0.2) is 25.0 Å². The maximum absolute atomic E-state index is 13.8. The second-order valence-electron chi connectivity index (χ2n) is 6.83. The average molecular weight is 382 g/mol. The van der Waals surface area contributed by atoms with Crippen molar-refractivity contribution < 1.29 is 18.7 Å². The molecule has 0 saturated heterocycles. The summed E-state index contributed by atoms with van der Waals surface area (Å²) in [5, 5.41) is 5.72. The summed E-state index contributed by atoms with van der Waals surface area (Å²) in [4.78, 5) is 24.1. The minimum Gasteiger partial charge on any atom is -0.494 e. The van der Waals surface area contributed by atoms with E-state index in [1.54, 1.807) is 43.3 Å². The quantitative estimate of drug-likeness (QED) is 0.719. The smallest absolute Gasteiger partial charge is 0.251 e. The fraction of sp³-hybridized carbons (Fsp3) is 0.273. The molecule has 0 aromatic heterocycles. The van der Waals surface area contributed by atoms with Crippen LogP contribution in [-0.2, 0) is 4.79 Å². The van der Waals surface area contributed by atoms with E-state index < -0.39 is 5.82 Å². The third-order valence-electron chi connectivity index (χ3n) is 4.55. The first-order valence-corrected chi connectivity index (χ1v) is 9.19. The van der Waals surface area contributed by atoms with E-state index in [2.05, 4.69) is 10.6 Å². The predicted molar refractivity (Wildman–Crippen MR) is 105 cm³/mol. The Labute approximate surface area is 163 Å². The summed E-state index contributed by atoms with van der Waals surface area (Å²) in [5.74, 6) is -0.672. The zero-order valence-electron chi connectivity index (χ0n) is 15.9. The molecule has 1 aliphatic rings. The second-order valence-corrected chi connectivity index (χ2v) is 6.83. The fourth-order valence-corrected chi connectivity index (χ4v) is 2.71. The standard InChI is InChI=1S/C22H23FN2O3/c1-14(17-8-11-20(28-2)19(23)13-17)24-21(26)12-5-15-3-6-16(7-4-15)22(27)25-18-9-10-18/h3-8,11-14,18H,9-10H2,1-2H3,(H,24,26)(H,25,27)/b12-5+/t14-/m1/s1. The number of benzene rings is 2. The van der Waals surface area contributed by atoms with Crippen LogP contribution in [0, 0.1) is 5.82 Å². The van der Waals surface area contributed by atoms with Crippen molar-refractivity contribution in [1.82, 2.24) is 10.6 Å². The van der Waals surface area contributed by atoms with Crippen LogP contribution in [0.5, 0.6) is 5.75 Å². The number of hydrogen-bond donors (Lipinski definition) is 2. The molecular weight excluding hydrogens is 359 g/mol. The number of halogens is 1. The molecule has 2 amide bonds. The Balaban J connectivity index is 1.55. The van der Waals surface area contributed by atoms with E-state index in [9.17, 15) is 14.0 Å². The lowest BCUT2D eigenvalue weighted by atomic mass is 10.1. The number of methoxy groups -OCH3 is 1. The van der Waals surface area contributed by atoms with E-state index >= 15 is 0 Å². The molecule has 0 aliphatic heterocycles. The SMILES string of the molecule is COc1ccc([C@@H](C)NC(=O)/C=C/c2ccc(C(=O)NC3CC3)cc2)cc1F. The highest BCUT2D eigenvalue weighted by molar-refractivity contribution is 5.95. The van der Waals surface area contributed by atoms with Gasteiger partial charge >= 0.3 is 0 Å². The van der Waals surface area contributed by atoms with E-state index in [0.29, 0.717) is 17.2 Å². The predicted octanol–water partition coefficient (Wildman–Crippen LogP) is 3.62. The molecule has 0 spiro atoms. The van der Waals surface area contributed by atoms with Crippen molar-refractivity contribution >= 4 is 17.9 Å². The lowest BCUT2D eigenvalue weighted by Gasteiger charge is -2.14. The van der Waals surface area contributed by atoms with Gasteiger partial charge in [-0.1, -0.05) is 18.2 Å². The summed E-state index contributed by atoms with van der Waals surface area (Å²) in [6.07, 6.45) is 5.17. The largest absolute Gasteiger partial charge is 0.494 e. The van der Waals surface area contributed by atoms with Gasteiger partial charge in [-0.05, 0) is 61.2 Å². The van der Waals surface area contributed by atoms with Crippen molar-refractivity contribution in [2.75, 3.05) is 7.11 Å². The highest BCUT2D eigenvalue weighted by atomic mass is 19.1. The van der Waals surface area contributed by atoms with Gasteiger partial charge in [0.1, 0.15) is 0 Å². The van der Waals surface area contributed by atoms with Crippen molar-refractivity contribution in [3.63, 3.8) is 0 Å². The van der Waals surface area contributed by atoms with Gasteiger partial charge in [-0.2, -0.15) is 0 Å². The van der Waals surface area contributed by atoms with Crippen LogP contribution in [0.15, 0.2) is 48.5 Å². The zero-order chi connectivity index (χ0) is 20.1. The Morgan fingerprint density at radius 3 is 2.50 bits per heavy atom. The molecule has 0 radical (unpaired) electrons. The minimum absolute atomic E-state index is 0.0729. The lowest BCUT2D eigenvalue weighted by molar-refractivity contribution is -0.117. The Hall–Kier alpha value is -3.15. The first-order valence-electron chi connectivity index (χ1n) is 9.19. The summed E-state index contributed by atoms with van der Waals surface area (Å²) in [7, 11) is 1.40. The van der Waals surface area contributed by atoms with Crippen LogP contribution in [0.25, 0.3) is 6.08 Å². The van der Waals surface area contributed by atoms with Crippen molar-refractivity contribution in [2.45, 2.75) is 31.8 Å².